The Balaban J connectivity index is 1.69. The minimum Gasteiger partial charge on any atom is -0.330 e. The number of thioether (sulfide) groups is 2. The fourth-order valence-corrected chi connectivity index (χ4v) is 5.79. The third kappa shape index (κ3) is 3.84. The van der Waals surface area contributed by atoms with E-state index in [1.54, 1.807) is 5.38 Å². The van der Waals surface area contributed by atoms with Crippen molar-refractivity contribution >= 4 is 46.5 Å². The van der Waals surface area contributed by atoms with Gasteiger partial charge in [0.1, 0.15) is 5.69 Å². The molecule has 0 unspecified atom stereocenters. The molecule has 0 bridgehead atoms. The Kier molecular flexibility index (Phi) is 5.41. The maximum absolute atomic E-state index is 12.3. The topological polar surface area (TPSA) is 68.0 Å². The van der Waals surface area contributed by atoms with Gasteiger partial charge in [-0.15, -0.1) is 34.9 Å². The van der Waals surface area contributed by atoms with Crippen LogP contribution in [0.3, 0.4) is 0 Å². The fraction of sp³-hybridized carbons (Fsp3) is 0.333. The fourth-order valence-electron chi connectivity index (χ4n) is 2.16. The maximum atomic E-state index is 12.3. The molecule has 3 N–H and O–H groups in total. The number of aromatic nitrogens is 1. The summed E-state index contributed by atoms with van der Waals surface area (Å²) in [6.07, 6.45) is 0.712. The number of thiazole rings is 1. The lowest BCUT2D eigenvalue weighted by molar-refractivity contribution is 0.102. The molecule has 0 spiro atoms. The molecule has 1 aliphatic heterocycles. The number of nitrogens with zero attached hydrogens (tertiary/aromatic N) is 1. The molecule has 2 aromatic rings. The van der Waals surface area contributed by atoms with Crippen LogP contribution in [0.1, 0.15) is 25.6 Å². The van der Waals surface area contributed by atoms with Gasteiger partial charge in [-0.3, -0.25) is 4.79 Å². The Hall–Kier alpha value is -1.02. The number of benzene rings is 1. The minimum absolute atomic E-state index is 0.164. The van der Waals surface area contributed by atoms with E-state index in [9.17, 15) is 4.79 Å². The van der Waals surface area contributed by atoms with Gasteiger partial charge in [-0.25, -0.2) is 4.98 Å². The Morgan fingerprint density at radius 1 is 1.36 bits per heavy atom. The predicted molar refractivity (Wildman–Crippen MR) is 96.9 cm³/mol. The summed E-state index contributed by atoms with van der Waals surface area (Å²) < 4.78 is 0.479. The lowest BCUT2D eigenvalue weighted by atomic mass is 10.2. The summed E-state index contributed by atoms with van der Waals surface area (Å²) in [5, 5.41) is 5.62. The number of nitrogens with two attached hydrogens (primary N) is 1. The number of amides is 1. The highest BCUT2D eigenvalue weighted by Crippen LogP contribution is 2.45. The van der Waals surface area contributed by atoms with Crippen molar-refractivity contribution in [3.8, 4) is 0 Å². The molecule has 22 heavy (non-hydrogen) atoms. The molecular formula is C15H17N3OS3. The molecular weight excluding hydrogens is 334 g/mol. The molecule has 4 nitrogen and oxygen atoms in total. The molecule has 1 amide bonds. The van der Waals surface area contributed by atoms with Crippen molar-refractivity contribution in [1.82, 2.24) is 4.98 Å². The quantitative estimate of drug-likeness (QED) is 0.864. The summed E-state index contributed by atoms with van der Waals surface area (Å²) in [7, 11) is 0. The van der Waals surface area contributed by atoms with Gasteiger partial charge in [-0.05, 0) is 24.2 Å². The highest BCUT2D eigenvalue weighted by atomic mass is 32.2. The Morgan fingerprint density at radius 3 is 2.95 bits per heavy atom. The van der Waals surface area contributed by atoms with Crippen LogP contribution in [0.5, 0.6) is 0 Å². The highest BCUT2D eigenvalue weighted by molar-refractivity contribution is 8.19. The number of hydrogen-bond donors (Lipinski definition) is 2. The first-order valence-corrected chi connectivity index (χ1v) is 10.0. The van der Waals surface area contributed by atoms with E-state index in [0.29, 0.717) is 23.2 Å². The summed E-state index contributed by atoms with van der Waals surface area (Å²) in [6.45, 7) is 0.549. The molecule has 1 saturated heterocycles. The largest absolute Gasteiger partial charge is 0.330 e. The Labute approximate surface area is 142 Å². The lowest BCUT2D eigenvalue weighted by Crippen LogP contribution is -2.13. The maximum Gasteiger partial charge on any atom is 0.275 e. The van der Waals surface area contributed by atoms with E-state index >= 15 is 0 Å². The van der Waals surface area contributed by atoms with Crippen LogP contribution < -0.4 is 11.1 Å². The third-order valence-corrected chi connectivity index (χ3v) is 7.19. The number of anilines is 1. The summed E-state index contributed by atoms with van der Waals surface area (Å²) >= 11 is 5.39. The van der Waals surface area contributed by atoms with Crippen LogP contribution in [-0.4, -0.2) is 28.9 Å². The lowest BCUT2D eigenvalue weighted by Gasteiger charge is -2.10. The number of rotatable bonds is 5. The predicted octanol–water partition coefficient (Wildman–Crippen LogP) is 3.38. The standard InChI is InChI=1S/C15H17N3OS3/c16-5-4-13-18-12(9-22-13)14(19)17-11-3-1-2-10(8-11)15-20-6-7-21-15/h1-3,8-9,15H,4-7,16H2,(H,17,19). The van der Waals surface area contributed by atoms with E-state index in [0.717, 1.165) is 10.7 Å². The van der Waals surface area contributed by atoms with E-state index in [4.69, 9.17) is 5.73 Å². The van der Waals surface area contributed by atoms with Gasteiger partial charge >= 0.3 is 0 Å². The van der Waals surface area contributed by atoms with Crippen molar-refractivity contribution in [2.24, 2.45) is 5.73 Å². The SMILES string of the molecule is NCCc1nc(C(=O)Nc2cccc(C3SCCS3)c2)cs1. The normalized spacial score (nSPS) is 15.1. The van der Waals surface area contributed by atoms with Crippen LogP contribution in [0.15, 0.2) is 29.6 Å². The molecule has 0 aliphatic carbocycles. The number of hydrogen-bond acceptors (Lipinski definition) is 6. The van der Waals surface area contributed by atoms with Crippen LogP contribution in [0.25, 0.3) is 0 Å². The Bertz CT molecular complexity index is 653. The molecule has 0 atom stereocenters. The summed E-state index contributed by atoms with van der Waals surface area (Å²) in [6, 6.07) is 8.08. The van der Waals surface area contributed by atoms with Crippen molar-refractivity contribution in [3.63, 3.8) is 0 Å². The van der Waals surface area contributed by atoms with Crippen LogP contribution >= 0.6 is 34.9 Å². The Morgan fingerprint density at radius 2 is 2.18 bits per heavy atom. The van der Waals surface area contributed by atoms with Gasteiger partial charge in [0.25, 0.3) is 5.91 Å². The minimum atomic E-state index is -0.164. The van der Waals surface area contributed by atoms with E-state index in [1.807, 2.05) is 35.7 Å². The average Bonchev–Trinajstić information content (AvgIpc) is 3.19. The molecule has 1 aromatic heterocycles. The van der Waals surface area contributed by atoms with Gasteiger partial charge in [0.15, 0.2) is 0 Å². The second-order valence-electron chi connectivity index (χ2n) is 4.82. The monoisotopic (exact) mass is 351 g/mol. The van der Waals surface area contributed by atoms with Crippen LogP contribution in [0.2, 0.25) is 0 Å². The molecule has 116 valence electrons. The van der Waals surface area contributed by atoms with Gasteiger partial charge < -0.3 is 11.1 Å². The second kappa shape index (κ2) is 7.50. The van der Waals surface area contributed by atoms with Crippen molar-refractivity contribution in [2.45, 2.75) is 11.0 Å². The highest BCUT2D eigenvalue weighted by Gasteiger charge is 2.19. The van der Waals surface area contributed by atoms with Crippen LogP contribution in [0, 0.1) is 0 Å². The summed E-state index contributed by atoms with van der Waals surface area (Å²) in [5.74, 6) is 2.21. The summed E-state index contributed by atoms with van der Waals surface area (Å²) in [4.78, 5) is 16.6. The zero-order valence-electron chi connectivity index (χ0n) is 12.0. The molecule has 1 fully saturated rings. The first-order valence-electron chi connectivity index (χ1n) is 7.05. The van der Waals surface area contributed by atoms with E-state index < -0.39 is 0 Å². The zero-order valence-corrected chi connectivity index (χ0v) is 14.4. The first-order chi connectivity index (χ1) is 10.8. The van der Waals surface area contributed by atoms with Crippen LogP contribution in [-0.2, 0) is 6.42 Å². The van der Waals surface area contributed by atoms with Gasteiger partial charge in [0, 0.05) is 29.0 Å². The van der Waals surface area contributed by atoms with Crippen molar-refractivity contribution in [1.29, 1.82) is 0 Å². The molecule has 0 radical (unpaired) electrons. The van der Waals surface area contributed by atoms with E-state index in [2.05, 4.69) is 22.4 Å². The zero-order chi connectivity index (χ0) is 15.4. The molecule has 1 aromatic carbocycles. The van der Waals surface area contributed by atoms with E-state index in [-0.39, 0.29) is 5.91 Å². The van der Waals surface area contributed by atoms with Gasteiger partial charge in [0.05, 0.1) is 9.59 Å². The first kappa shape index (κ1) is 15.9. The average molecular weight is 352 g/mol. The van der Waals surface area contributed by atoms with Crippen molar-refractivity contribution in [3.05, 3.63) is 45.9 Å². The van der Waals surface area contributed by atoms with E-state index in [1.165, 1.54) is 28.4 Å². The molecule has 7 heteroatoms. The van der Waals surface area contributed by atoms with Crippen molar-refractivity contribution < 1.29 is 4.79 Å². The summed E-state index contributed by atoms with van der Waals surface area (Å²) in [5.41, 5.74) is 8.05. The van der Waals surface area contributed by atoms with Crippen LogP contribution in [0.4, 0.5) is 5.69 Å². The number of carbonyl (C=O) groups excluding carboxylic acids is 1. The molecule has 0 saturated carbocycles. The molecule has 3 rings (SSSR count). The van der Waals surface area contributed by atoms with Gasteiger partial charge in [-0.1, -0.05) is 12.1 Å². The third-order valence-electron chi connectivity index (χ3n) is 3.18. The van der Waals surface area contributed by atoms with Crippen molar-refractivity contribution in [2.75, 3.05) is 23.4 Å². The molecule has 2 heterocycles. The number of nitrogens with one attached hydrogen (secondary N) is 1. The number of carbonyl (C=O) groups is 1. The molecule has 1 aliphatic rings. The smallest absolute Gasteiger partial charge is 0.275 e. The van der Waals surface area contributed by atoms with Gasteiger partial charge in [0.2, 0.25) is 0 Å². The van der Waals surface area contributed by atoms with Gasteiger partial charge in [-0.2, -0.15) is 0 Å². The second-order valence-corrected chi connectivity index (χ2v) is 8.49.